The quantitative estimate of drug-likeness (QED) is 0.467. The van der Waals surface area contributed by atoms with E-state index in [2.05, 4.69) is 10.6 Å². The summed E-state index contributed by atoms with van der Waals surface area (Å²) >= 11 is 0. The van der Waals surface area contributed by atoms with Crippen LogP contribution in [-0.4, -0.2) is 17.9 Å². The Kier molecular flexibility index (Phi) is 2.86. The van der Waals surface area contributed by atoms with Crippen molar-refractivity contribution in [1.82, 2.24) is 0 Å². The molecule has 0 heterocycles. The minimum Gasteiger partial charge on any atom is -0.506 e. The largest absolute Gasteiger partial charge is 0.506 e. The number of hydrogen-bond donors (Lipinski definition) is 3. The van der Waals surface area contributed by atoms with Crippen molar-refractivity contribution in [2.75, 3.05) is 10.6 Å². The molecule has 0 saturated heterocycles. The summed E-state index contributed by atoms with van der Waals surface area (Å²) in [5, 5.41) is 13.9. The number of phenols is 1. The highest BCUT2D eigenvalue weighted by Gasteiger charge is 2.00. The lowest BCUT2D eigenvalue weighted by molar-refractivity contribution is -0.106. The normalized spacial score (nSPS) is 8.92. The molecule has 13 heavy (non-hydrogen) atoms. The fraction of sp³-hybridized carbons (Fsp3) is 0. The van der Waals surface area contributed by atoms with Gasteiger partial charge in [-0.3, -0.25) is 9.59 Å². The maximum atomic E-state index is 10.0. The Balaban J connectivity index is 2.90. The lowest BCUT2D eigenvalue weighted by Gasteiger charge is -2.04. The number of amides is 2. The van der Waals surface area contributed by atoms with Crippen LogP contribution in [0.2, 0.25) is 0 Å². The van der Waals surface area contributed by atoms with Gasteiger partial charge in [0.15, 0.2) is 0 Å². The van der Waals surface area contributed by atoms with Gasteiger partial charge < -0.3 is 15.7 Å². The number of nitrogens with one attached hydrogen (secondary N) is 2. The zero-order chi connectivity index (χ0) is 9.68. The van der Waals surface area contributed by atoms with Crippen LogP contribution in [0.25, 0.3) is 0 Å². The molecule has 3 N–H and O–H groups in total. The number of rotatable bonds is 4. The topological polar surface area (TPSA) is 78.4 Å². The fourth-order valence-corrected chi connectivity index (χ4v) is 0.875. The molecule has 0 atom stereocenters. The molecule has 0 aliphatic heterocycles. The molecule has 0 spiro atoms. The van der Waals surface area contributed by atoms with Crippen molar-refractivity contribution in [3.8, 4) is 5.75 Å². The van der Waals surface area contributed by atoms with Crippen LogP contribution in [0.5, 0.6) is 5.75 Å². The maximum Gasteiger partial charge on any atom is 0.211 e. The van der Waals surface area contributed by atoms with Crippen LogP contribution >= 0.6 is 0 Å². The molecular weight excluding hydrogens is 172 g/mol. The summed E-state index contributed by atoms with van der Waals surface area (Å²) in [6.07, 6.45) is 0.962. The van der Waals surface area contributed by atoms with Crippen LogP contribution in [0.3, 0.4) is 0 Å². The van der Waals surface area contributed by atoms with E-state index in [-0.39, 0.29) is 5.75 Å². The summed E-state index contributed by atoms with van der Waals surface area (Å²) < 4.78 is 0. The monoisotopic (exact) mass is 180 g/mol. The standard InChI is InChI=1S/C8H8N2O3/c11-4-9-6-1-2-7(10-5-12)8(13)3-6/h1-5,13H,(H,9,11)(H,10,12). The molecule has 0 aromatic heterocycles. The molecular formula is C8H8N2O3. The van der Waals surface area contributed by atoms with Crippen LogP contribution in [0, 0.1) is 0 Å². The zero-order valence-corrected chi connectivity index (χ0v) is 6.65. The third-order valence-electron chi connectivity index (χ3n) is 1.44. The third kappa shape index (κ3) is 2.19. The van der Waals surface area contributed by atoms with Gasteiger partial charge in [0.25, 0.3) is 0 Å². The molecule has 0 unspecified atom stereocenters. The smallest absolute Gasteiger partial charge is 0.211 e. The molecule has 5 nitrogen and oxygen atoms in total. The van der Waals surface area contributed by atoms with Crippen molar-refractivity contribution < 1.29 is 14.7 Å². The summed E-state index contributed by atoms with van der Waals surface area (Å²) in [6, 6.07) is 4.37. The van der Waals surface area contributed by atoms with Crippen molar-refractivity contribution in [3.63, 3.8) is 0 Å². The Morgan fingerprint density at radius 3 is 2.38 bits per heavy atom. The molecule has 0 fully saturated rings. The Bertz CT molecular complexity index is 325. The Labute approximate surface area is 74.4 Å². The molecule has 1 aromatic carbocycles. The number of phenolic OH excluding ortho intramolecular Hbond substituents is 1. The first kappa shape index (κ1) is 9.05. The number of anilines is 2. The highest BCUT2D eigenvalue weighted by Crippen LogP contribution is 2.25. The Hall–Kier alpha value is -2.04. The molecule has 0 aliphatic rings. The minimum atomic E-state index is -0.0982. The van der Waals surface area contributed by atoms with E-state index < -0.39 is 0 Å². The summed E-state index contributed by atoms with van der Waals surface area (Å²) in [7, 11) is 0. The second kappa shape index (κ2) is 4.10. The van der Waals surface area contributed by atoms with Gasteiger partial charge in [0.1, 0.15) is 5.75 Å². The molecule has 2 amide bonds. The average molecular weight is 180 g/mol. The Morgan fingerprint density at radius 2 is 1.85 bits per heavy atom. The number of carbonyl (C=O) groups is 2. The zero-order valence-electron chi connectivity index (χ0n) is 6.65. The minimum absolute atomic E-state index is 0.0982. The first-order valence-electron chi connectivity index (χ1n) is 3.51. The van der Waals surface area contributed by atoms with E-state index in [9.17, 15) is 14.7 Å². The molecule has 1 aromatic rings. The van der Waals surface area contributed by atoms with E-state index in [0.717, 1.165) is 0 Å². The van der Waals surface area contributed by atoms with E-state index in [1.807, 2.05) is 0 Å². The van der Waals surface area contributed by atoms with Crippen LogP contribution < -0.4 is 10.6 Å². The molecule has 5 heteroatoms. The Morgan fingerprint density at radius 1 is 1.15 bits per heavy atom. The molecule has 1 rings (SSSR count). The number of benzene rings is 1. The predicted molar refractivity (Wildman–Crippen MR) is 47.5 cm³/mol. The first-order chi connectivity index (χ1) is 6.27. The van der Waals surface area contributed by atoms with Crippen molar-refractivity contribution in [3.05, 3.63) is 18.2 Å². The van der Waals surface area contributed by atoms with E-state index in [1.165, 1.54) is 12.1 Å². The van der Waals surface area contributed by atoms with Crippen molar-refractivity contribution in [2.24, 2.45) is 0 Å². The van der Waals surface area contributed by atoms with Crippen LogP contribution in [0.4, 0.5) is 11.4 Å². The SMILES string of the molecule is O=CNc1ccc(NC=O)c(O)c1. The molecule has 0 aliphatic carbocycles. The third-order valence-corrected chi connectivity index (χ3v) is 1.44. The van der Waals surface area contributed by atoms with Gasteiger partial charge in [-0.2, -0.15) is 0 Å². The van der Waals surface area contributed by atoms with Crippen LogP contribution in [0.15, 0.2) is 18.2 Å². The predicted octanol–water partition coefficient (Wildman–Crippen LogP) is 0.529. The van der Waals surface area contributed by atoms with Crippen molar-refractivity contribution in [1.29, 1.82) is 0 Å². The van der Waals surface area contributed by atoms with Crippen molar-refractivity contribution in [2.45, 2.75) is 0 Å². The highest BCUT2D eigenvalue weighted by molar-refractivity contribution is 5.79. The number of aromatic hydroxyl groups is 1. The molecule has 0 bridgehead atoms. The van der Waals surface area contributed by atoms with Crippen LogP contribution in [0.1, 0.15) is 0 Å². The fourth-order valence-electron chi connectivity index (χ4n) is 0.875. The van der Waals surface area contributed by atoms with Gasteiger partial charge in [0, 0.05) is 11.8 Å². The van der Waals surface area contributed by atoms with E-state index in [1.54, 1.807) is 6.07 Å². The lowest BCUT2D eigenvalue weighted by atomic mass is 10.2. The summed E-state index contributed by atoms with van der Waals surface area (Å²) in [5.41, 5.74) is 0.760. The summed E-state index contributed by atoms with van der Waals surface area (Å²) in [4.78, 5) is 20.1. The van der Waals surface area contributed by atoms with Gasteiger partial charge in [-0.1, -0.05) is 0 Å². The van der Waals surface area contributed by atoms with Gasteiger partial charge in [-0.05, 0) is 12.1 Å². The molecule has 0 radical (unpaired) electrons. The average Bonchev–Trinajstić information content (AvgIpc) is 2.10. The summed E-state index contributed by atoms with van der Waals surface area (Å²) in [5.74, 6) is -0.0982. The van der Waals surface area contributed by atoms with E-state index in [0.29, 0.717) is 24.2 Å². The first-order valence-corrected chi connectivity index (χ1v) is 3.51. The summed E-state index contributed by atoms with van der Waals surface area (Å²) in [6.45, 7) is 0. The van der Waals surface area contributed by atoms with Gasteiger partial charge in [0.05, 0.1) is 5.69 Å². The van der Waals surface area contributed by atoms with Gasteiger partial charge in [-0.25, -0.2) is 0 Å². The van der Waals surface area contributed by atoms with Gasteiger partial charge in [-0.15, -0.1) is 0 Å². The lowest BCUT2D eigenvalue weighted by Crippen LogP contribution is -1.96. The number of carbonyl (C=O) groups excluding carboxylic acids is 2. The van der Waals surface area contributed by atoms with E-state index in [4.69, 9.17) is 0 Å². The van der Waals surface area contributed by atoms with Crippen LogP contribution in [-0.2, 0) is 9.59 Å². The maximum absolute atomic E-state index is 10.0. The van der Waals surface area contributed by atoms with Crippen molar-refractivity contribution >= 4 is 24.2 Å². The van der Waals surface area contributed by atoms with Gasteiger partial charge in [0.2, 0.25) is 12.8 Å². The number of hydrogen-bond acceptors (Lipinski definition) is 3. The second-order valence-corrected chi connectivity index (χ2v) is 2.26. The molecule has 0 saturated carbocycles. The van der Waals surface area contributed by atoms with Gasteiger partial charge >= 0.3 is 0 Å². The van der Waals surface area contributed by atoms with E-state index >= 15 is 0 Å². The molecule has 68 valence electrons. The highest BCUT2D eigenvalue weighted by atomic mass is 16.3. The second-order valence-electron chi connectivity index (χ2n) is 2.26.